The largest absolute Gasteiger partial charge is 0.497 e. The Morgan fingerprint density at radius 2 is 1.90 bits per heavy atom. The van der Waals surface area contributed by atoms with Crippen LogP contribution in [0.1, 0.15) is 64.4 Å². The van der Waals surface area contributed by atoms with Crippen molar-refractivity contribution in [2.45, 2.75) is 58.8 Å². The zero-order valence-corrected chi connectivity index (χ0v) is 13.9. The quantitative estimate of drug-likeness (QED) is 0.558. The van der Waals surface area contributed by atoms with Gasteiger partial charge in [0.2, 0.25) is 0 Å². The van der Waals surface area contributed by atoms with Crippen LogP contribution in [-0.2, 0) is 0 Å². The minimum atomic E-state index is 0.235. The summed E-state index contributed by atoms with van der Waals surface area (Å²) < 4.78 is 5.33. The molecule has 0 bridgehead atoms. The van der Waals surface area contributed by atoms with Gasteiger partial charge in [0, 0.05) is 5.92 Å². The molecule has 0 saturated heterocycles. The normalized spacial score (nSPS) is 13.7. The lowest BCUT2D eigenvalue weighted by atomic mass is 9.84. The second kappa shape index (κ2) is 9.45. The highest BCUT2D eigenvalue weighted by Gasteiger charge is 2.16. The van der Waals surface area contributed by atoms with Gasteiger partial charge in [-0.05, 0) is 48.8 Å². The number of nitriles is 1. The lowest BCUT2D eigenvalue weighted by molar-refractivity contribution is 0.408. The molecule has 0 aliphatic carbocycles. The van der Waals surface area contributed by atoms with Crippen LogP contribution in [0.3, 0.4) is 0 Å². The van der Waals surface area contributed by atoms with Crippen LogP contribution in [0.4, 0.5) is 0 Å². The summed E-state index contributed by atoms with van der Waals surface area (Å²) in [5.74, 6) is 2.37. The summed E-state index contributed by atoms with van der Waals surface area (Å²) >= 11 is 0. The molecule has 2 nitrogen and oxygen atoms in total. The number of methoxy groups -OCH3 is 1. The summed E-state index contributed by atoms with van der Waals surface area (Å²) in [6, 6.07) is 10.8. The first-order valence-corrected chi connectivity index (χ1v) is 8.15. The zero-order chi connectivity index (χ0) is 15.7. The fourth-order valence-corrected chi connectivity index (χ4v) is 2.87. The summed E-state index contributed by atoms with van der Waals surface area (Å²) in [7, 11) is 1.72. The molecular formula is C19H29NO. The van der Waals surface area contributed by atoms with Crippen LogP contribution >= 0.6 is 0 Å². The molecule has 0 N–H and O–H groups in total. The number of hydrogen-bond donors (Lipinski definition) is 0. The molecule has 0 fully saturated rings. The average Bonchev–Trinajstić information content (AvgIpc) is 2.50. The smallest absolute Gasteiger partial charge is 0.119 e. The molecular weight excluding hydrogens is 258 g/mol. The Labute approximate surface area is 130 Å². The Bertz CT molecular complexity index is 447. The van der Waals surface area contributed by atoms with Gasteiger partial charge in [0.15, 0.2) is 0 Å². The van der Waals surface area contributed by atoms with Crippen molar-refractivity contribution in [1.82, 2.24) is 0 Å². The van der Waals surface area contributed by atoms with E-state index in [1.807, 2.05) is 6.07 Å². The topological polar surface area (TPSA) is 33.0 Å². The standard InChI is InChI=1S/C19H29NO/c1-5-16(14-20)9-6-7-12-19(15(2)3)17-10-8-11-18(13-17)21-4/h8,10-11,13,15-16,19H,5-7,9,12H2,1-4H3. The SMILES string of the molecule is CCC(C#N)CCCCC(c1cccc(OC)c1)C(C)C. The average molecular weight is 287 g/mol. The molecule has 2 heteroatoms. The Balaban J connectivity index is 2.56. The third-order valence-corrected chi connectivity index (χ3v) is 4.32. The first-order chi connectivity index (χ1) is 10.1. The van der Waals surface area contributed by atoms with E-state index >= 15 is 0 Å². The van der Waals surface area contributed by atoms with E-state index in [0.29, 0.717) is 11.8 Å². The third-order valence-electron chi connectivity index (χ3n) is 4.32. The molecule has 0 spiro atoms. The van der Waals surface area contributed by atoms with Gasteiger partial charge in [-0.3, -0.25) is 0 Å². The fraction of sp³-hybridized carbons (Fsp3) is 0.632. The summed E-state index contributed by atoms with van der Waals surface area (Å²) in [6.45, 7) is 6.67. The molecule has 0 aliphatic heterocycles. The van der Waals surface area contributed by atoms with Gasteiger partial charge in [-0.2, -0.15) is 5.26 Å². The third kappa shape index (κ3) is 5.79. The zero-order valence-electron chi connectivity index (χ0n) is 13.9. The first kappa shape index (κ1) is 17.6. The molecule has 0 radical (unpaired) electrons. The lowest BCUT2D eigenvalue weighted by Gasteiger charge is -2.22. The highest BCUT2D eigenvalue weighted by atomic mass is 16.5. The van der Waals surface area contributed by atoms with Crippen molar-refractivity contribution in [1.29, 1.82) is 5.26 Å². The number of ether oxygens (including phenoxy) is 1. The number of hydrogen-bond acceptors (Lipinski definition) is 2. The van der Waals surface area contributed by atoms with Crippen LogP contribution in [0.15, 0.2) is 24.3 Å². The fourth-order valence-electron chi connectivity index (χ4n) is 2.87. The van der Waals surface area contributed by atoms with Crippen molar-refractivity contribution in [2.75, 3.05) is 7.11 Å². The van der Waals surface area contributed by atoms with Crippen LogP contribution in [-0.4, -0.2) is 7.11 Å². The van der Waals surface area contributed by atoms with Gasteiger partial charge in [-0.25, -0.2) is 0 Å². The first-order valence-electron chi connectivity index (χ1n) is 8.15. The van der Waals surface area contributed by atoms with Crippen molar-refractivity contribution >= 4 is 0 Å². The lowest BCUT2D eigenvalue weighted by Crippen LogP contribution is -2.07. The molecule has 2 unspecified atom stereocenters. The van der Waals surface area contributed by atoms with Crippen LogP contribution in [0.25, 0.3) is 0 Å². The number of nitrogens with zero attached hydrogens (tertiary/aromatic N) is 1. The van der Waals surface area contributed by atoms with Crippen molar-refractivity contribution in [3.63, 3.8) is 0 Å². The molecule has 1 aromatic carbocycles. The van der Waals surface area contributed by atoms with E-state index in [2.05, 4.69) is 45.0 Å². The molecule has 0 saturated carbocycles. The Morgan fingerprint density at radius 1 is 1.19 bits per heavy atom. The molecule has 116 valence electrons. The summed E-state index contributed by atoms with van der Waals surface area (Å²) in [6.07, 6.45) is 5.54. The second-order valence-electron chi connectivity index (χ2n) is 6.15. The van der Waals surface area contributed by atoms with Crippen LogP contribution in [0.2, 0.25) is 0 Å². The Kier molecular flexibility index (Phi) is 7.90. The second-order valence-corrected chi connectivity index (χ2v) is 6.15. The number of rotatable bonds is 9. The van der Waals surface area contributed by atoms with Gasteiger partial charge in [0.05, 0.1) is 13.2 Å². The molecule has 0 aromatic heterocycles. The van der Waals surface area contributed by atoms with Crippen molar-refractivity contribution < 1.29 is 4.74 Å². The van der Waals surface area contributed by atoms with Crippen molar-refractivity contribution in [2.24, 2.45) is 11.8 Å². The molecule has 0 aliphatic rings. The summed E-state index contributed by atoms with van der Waals surface area (Å²) in [5, 5.41) is 8.99. The van der Waals surface area contributed by atoms with Crippen LogP contribution in [0, 0.1) is 23.2 Å². The van der Waals surface area contributed by atoms with Gasteiger partial charge in [0.1, 0.15) is 5.75 Å². The van der Waals surface area contributed by atoms with E-state index in [4.69, 9.17) is 10.00 Å². The molecule has 1 aromatic rings. The predicted molar refractivity (Wildman–Crippen MR) is 88.4 cm³/mol. The predicted octanol–water partition coefficient (Wildman–Crippen LogP) is 5.54. The van der Waals surface area contributed by atoms with Crippen molar-refractivity contribution in [3.8, 4) is 11.8 Å². The minimum Gasteiger partial charge on any atom is -0.497 e. The summed E-state index contributed by atoms with van der Waals surface area (Å²) in [4.78, 5) is 0. The molecule has 1 rings (SSSR count). The maximum Gasteiger partial charge on any atom is 0.119 e. The Morgan fingerprint density at radius 3 is 2.48 bits per heavy atom. The van der Waals surface area contributed by atoms with Crippen LogP contribution < -0.4 is 4.74 Å². The van der Waals surface area contributed by atoms with E-state index in [1.165, 1.54) is 18.4 Å². The van der Waals surface area contributed by atoms with E-state index < -0.39 is 0 Å². The molecule has 0 heterocycles. The molecule has 2 atom stereocenters. The van der Waals surface area contributed by atoms with Crippen LogP contribution in [0.5, 0.6) is 5.75 Å². The monoisotopic (exact) mass is 287 g/mol. The number of unbranched alkanes of at least 4 members (excludes halogenated alkanes) is 1. The molecule has 0 amide bonds. The van der Waals surface area contributed by atoms with Crippen molar-refractivity contribution in [3.05, 3.63) is 29.8 Å². The summed E-state index contributed by atoms with van der Waals surface area (Å²) in [5.41, 5.74) is 1.37. The van der Waals surface area contributed by atoms with Gasteiger partial charge in [-0.1, -0.05) is 45.7 Å². The van der Waals surface area contributed by atoms with Gasteiger partial charge in [0.25, 0.3) is 0 Å². The van der Waals surface area contributed by atoms with E-state index in [9.17, 15) is 0 Å². The number of benzene rings is 1. The maximum atomic E-state index is 8.99. The van der Waals surface area contributed by atoms with Gasteiger partial charge in [-0.15, -0.1) is 0 Å². The van der Waals surface area contributed by atoms with Gasteiger partial charge >= 0.3 is 0 Å². The van der Waals surface area contributed by atoms with E-state index in [1.54, 1.807) is 7.11 Å². The molecule has 21 heavy (non-hydrogen) atoms. The maximum absolute atomic E-state index is 8.99. The highest BCUT2D eigenvalue weighted by molar-refractivity contribution is 5.31. The minimum absolute atomic E-state index is 0.235. The Hall–Kier alpha value is -1.49. The van der Waals surface area contributed by atoms with Gasteiger partial charge < -0.3 is 4.74 Å². The van der Waals surface area contributed by atoms with E-state index in [-0.39, 0.29) is 5.92 Å². The van der Waals surface area contributed by atoms with E-state index in [0.717, 1.165) is 25.0 Å². The highest BCUT2D eigenvalue weighted by Crippen LogP contribution is 2.32.